The van der Waals surface area contributed by atoms with Crippen LogP contribution in [-0.2, 0) is 24.0 Å². The molecule has 2 unspecified atom stereocenters. The van der Waals surface area contributed by atoms with Crippen molar-refractivity contribution < 1.29 is 33.9 Å². The van der Waals surface area contributed by atoms with E-state index in [4.69, 9.17) is 5.11 Å². The van der Waals surface area contributed by atoms with Crippen molar-refractivity contribution in [1.29, 1.82) is 0 Å². The average Bonchev–Trinajstić information content (AvgIpc) is 3.51. The van der Waals surface area contributed by atoms with Gasteiger partial charge in [0.15, 0.2) is 0 Å². The van der Waals surface area contributed by atoms with Crippen molar-refractivity contribution in [2.45, 2.75) is 83.3 Å². The molecule has 11 nitrogen and oxygen atoms in total. The van der Waals surface area contributed by atoms with Crippen LogP contribution in [0.15, 0.2) is 42.5 Å². The van der Waals surface area contributed by atoms with Gasteiger partial charge in [-0.05, 0) is 54.0 Å². The van der Waals surface area contributed by atoms with Crippen molar-refractivity contribution >= 4 is 46.2 Å². The number of ketones is 1. The molecule has 1 saturated carbocycles. The highest BCUT2D eigenvalue weighted by atomic mass is 16.4. The number of Topliss-reactive ketones (excluding diaryl/α,β-unsaturated/α-hetero) is 1. The Balaban J connectivity index is 1.50. The molecule has 11 heteroatoms. The van der Waals surface area contributed by atoms with Crippen LogP contribution in [0.4, 0.5) is 0 Å². The lowest BCUT2D eigenvalue weighted by atomic mass is 9.84. The summed E-state index contributed by atoms with van der Waals surface area (Å²) in [5, 5.41) is 18.4. The van der Waals surface area contributed by atoms with Crippen molar-refractivity contribution in [2.75, 3.05) is 13.1 Å². The molecule has 2 fully saturated rings. The minimum Gasteiger partial charge on any atom is -0.480 e. The molecule has 2 aromatic rings. The van der Waals surface area contributed by atoms with Crippen LogP contribution in [0.5, 0.6) is 0 Å². The Bertz CT molecular complexity index is 1400. The highest BCUT2D eigenvalue weighted by Crippen LogP contribution is 2.29. The first-order valence-corrected chi connectivity index (χ1v) is 15.5. The summed E-state index contributed by atoms with van der Waals surface area (Å²) in [5.74, 6) is -4.81. The number of fused-ring (bicyclic) bond motifs is 1. The second kappa shape index (κ2) is 14.9. The summed E-state index contributed by atoms with van der Waals surface area (Å²) in [4.78, 5) is 78.3. The Kier molecular flexibility index (Phi) is 11.1. The third-order valence-corrected chi connectivity index (χ3v) is 8.62. The Morgan fingerprint density at radius 1 is 0.886 bits per heavy atom. The van der Waals surface area contributed by atoms with Gasteiger partial charge < -0.3 is 26.0 Å². The van der Waals surface area contributed by atoms with Crippen LogP contribution in [0.3, 0.4) is 0 Å². The van der Waals surface area contributed by atoms with Gasteiger partial charge >= 0.3 is 5.97 Å². The molecular weight excluding hydrogens is 564 g/mol. The second-order valence-corrected chi connectivity index (χ2v) is 12.2. The highest BCUT2D eigenvalue weighted by molar-refractivity contribution is 6.38. The van der Waals surface area contributed by atoms with Gasteiger partial charge in [-0.2, -0.15) is 0 Å². The third kappa shape index (κ3) is 8.21. The Morgan fingerprint density at radius 3 is 2.27 bits per heavy atom. The van der Waals surface area contributed by atoms with Gasteiger partial charge in [0, 0.05) is 12.1 Å². The first-order chi connectivity index (χ1) is 21.0. The predicted octanol–water partition coefficient (Wildman–Crippen LogP) is 2.81. The minimum absolute atomic E-state index is 0.275. The van der Waals surface area contributed by atoms with Gasteiger partial charge in [0.25, 0.3) is 11.8 Å². The molecule has 2 aromatic carbocycles. The number of hydrogen-bond acceptors (Lipinski definition) is 6. The van der Waals surface area contributed by atoms with Crippen molar-refractivity contribution in [3.8, 4) is 0 Å². The molecule has 2 aliphatic rings. The Hall–Kier alpha value is -4.28. The Morgan fingerprint density at radius 2 is 1.59 bits per heavy atom. The first kappa shape index (κ1) is 32.6. The molecular formula is C33H42N4O7. The molecule has 0 spiro atoms. The number of amides is 4. The van der Waals surface area contributed by atoms with Crippen molar-refractivity contribution in [2.24, 2.45) is 11.8 Å². The van der Waals surface area contributed by atoms with Gasteiger partial charge in [-0.3, -0.25) is 28.8 Å². The maximum atomic E-state index is 14.1. The van der Waals surface area contributed by atoms with E-state index in [1.807, 2.05) is 35.6 Å². The lowest BCUT2D eigenvalue weighted by Crippen LogP contribution is -2.57. The van der Waals surface area contributed by atoms with Crippen LogP contribution in [0, 0.1) is 11.8 Å². The molecule has 44 heavy (non-hydrogen) atoms. The van der Waals surface area contributed by atoms with Gasteiger partial charge in [-0.15, -0.1) is 0 Å². The number of carboxylic acids is 1. The normalized spacial score (nSPS) is 18.4. The van der Waals surface area contributed by atoms with E-state index in [1.54, 1.807) is 26.0 Å². The summed E-state index contributed by atoms with van der Waals surface area (Å²) in [7, 11) is 0. The summed E-state index contributed by atoms with van der Waals surface area (Å²) >= 11 is 0. The molecule has 1 aliphatic heterocycles. The highest BCUT2D eigenvalue weighted by Gasteiger charge is 2.40. The van der Waals surface area contributed by atoms with Gasteiger partial charge in [0.2, 0.25) is 17.6 Å². The number of nitrogens with one attached hydrogen (secondary N) is 3. The minimum atomic E-state index is -1.30. The topological polar surface area (TPSA) is 162 Å². The van der Waals surface area contributed by atoms with Crippen LogP contribution in [-0.4, -0.2) is 76.6 Å². The van der Waals surface area contributed by atoms with E-state index in [-0.39, 0.29) is 17.7 Å². The largest absolute Gasteiger partial charge is 0.480 e. The zero-order valence-corrected chi connectivity index (χ0v) is 25.3. The van der Waals surface area contributed by atoms with E-state index in [9.17, 15) is 28.8 Å². The molecule has 236 valence electrons. The van der Waals surface area contributed by atoms with Crippen LogP contribution >= 0.6 is 0 Å². The van der Waals surface area contributed by atoms with Crippen molar-refractivity contribution in [3.63, 3.8) is 0 Å². The van der Waals surface area contributed by atoms with Crippen LogP contribution in [0.25, 0.3) is 10.8 Å². The fourth-order valence-corrected chi connectivity index (χ4v) is 6.22. The second-order valence-electron chi connectivity index (χ2n) is 12.2. The molecule has 4 rings (SSSR count). The number of aliphatic carboxylic acids is 1. The number of hydrogen-bond donors (Lipinski definition) is 4. The van der Waals surface area contributed by atoms with Crippen LogP contribution < -0.4 is 16.0 Å². The summed E-state index contributed by atoms with van der Waals surface area (Å²) in [6.45, 7) is 2.92. The number of benzene rings is 2. The molecule has 1 heterocycles. The molecule has 4 amide bonds. The maximum Gasteiger partial charge on any atom is 0.322 e. The van der Waals surface area contributed by atoms with Gasteiger partial charge in [-0.25, -0.2) is 0 Å². The Labute approximate surface area is 257 Å². The maximum absolute atomic E-state index is 14.1. The standard InChI is InChI=1S/C33H42N4O7/c1-20(2)28(29(40)32(43)34-19-27(38)39)36-31(42)26-13-8-16-37(26)33(44)25(17-21-9-4-3-5-10-21)35-30(41)24-15-14-22-11-6-7-12-23(22)18-24/h6-7,11-12,14-15,18,20-21,25-26,28H,3-5,8-10,13,16-17,19H2,1-2H3,(H,34,43)(H,35,41)(H,36,42)(H,38,39)/t25?,26-,28?/m0/s1. The van der Waals surface area contributed by atoms with Crippen LogP contribution in [0.1, 0.15) is 75.6 Å². The van der Waals surface area contributed by atoms with E-state index in [2.05, 4.69) is 10.6 Å². The van der Waals surface area contributed by atoms with E-state index in [0.29, 0.717) is 31.4 Å². The fourth-order valence-electron chi connectivity index (χ4n) is 6.22. The van der Waals surface area contributed by atoms with Gasteiger partial charge in [-0.1, -0.05) is 76.3 Å². The summed E-state index contributed by atoms with van der Waals surface area (Å²) < 4.78 is 0. The molecule has 0 bridgehead atoms. The average molecular weight is 607 g/mol. The summed E-state index contributed by atoms with van der Waals surface area (Å²) in [6, 6.07) is 10.2. The molecule has 0 aromatic heterocycles. The van der Waals surface area contributed by atoms with Crippen LogP contribution in [0.2, 0.25) is 0 Å². The number of rotatable bonds is 12. The zero-order valence-electron chi connectivity index (χ0n) is 25.3. The number of carbonyl (C=O) groups is 6. The number of carboxylic acid groups (broad SMARTS) is 1. The molecule has 3 atom stereocenters. The summed E-state index contributed by atoms with van der Waals surface area (Å²) in [5.41, 5.74) is 0.445. The first-order valence-electron chi connectivity index (χ1n) is 15.5. The quantitative estimate of drug-likeness (QED) is 0.270. The zero-order chi connectivity index (χ0) is 31.8. The van der Waals surface area contributed by atoms with E-state index < -0.39 is 54.2 Å². The fraction of sp³-hybridized carbons (Fsp3) is 0.515. The third-order valence-electron chi connectivity index (χ3n) is 8.62. The number of likely N-dealkylation sites (tertiary alicyclic amines) is 1. The van der Waals surface area contributed by atoms with Gasteiger partial charge in [0.05, 0.1) is 6.04 Å². The predicted molar refractivity (Wildman–Crippen MR) is 164 cm³/mol. The van der Waals surface area contributed by atoms with E-state index >= 15 is 0 Å². The van der Waals surface area contributed by atoms with Crippen molar-refractivity contribution in [1.82, 2.24) is 20.9 Å². The van der Waals surface area contributed by atoms with Crippen molar-refractivity contribution in [3.05, 3.63) is 48.0 Å². The number of nitrogens with zero attached hydrogens (tertiary/aromatic N) is 1. The molecule has 4 N–H and O–H groups in total. The summed E-state index contributed by atoms with van der Waals surface area (Å²) in [6.07, 6.45) is 6.65. The lowest BCUT2D eigenvalue weighted by Gasteiger charge is -2.32. The van der Waals surface area contributed by atoms with E-state index in [0.717, 1.165) is 42.9 Å². The smallest absolute Gasteiger partial charge is 0.322 e. The molecule has 0 radical (unpaired) electrons. The number of carbonyl (C=O) groups excluding carboxylic acids is 5. The van der Waals surface area contributed by atoms with Gasteiger partial charge in [0.1, 0.15) is 18.6 Å². The molecule has 1 saturated heterocycles. The SMILES string of the molecule is CC(C)C(NC(=O)[C@@H]1CCCN1C(=O)C(CC1CCCCC1)NC(=O)c1ccc2ccccc2c1)C(=O)C(=O)NCC(=O)O. The lowest BCUT2D eigenvalue weighted by molar-refractivity contribution is -0.144. The monoisotopic (exact) mass is 606 g/mol. The molecule has 1 aliphatic carbocycles. The van der Waals surface area contributed by atoms with E-state index in [1.165, 1.54) is 4.90 Å².